The second kappa shape index (κ2) is 5.21. The molecular formula is C10H10FN5O2. The fourth-order valence-corrected chi connectivity index (χ4v) is 1.42. The second-order valence-corrected chi connectivity index (χ2v) is 3.51. The van der Waals surface area contributed by atoms with E-state index in [0.717, 1.165) is 6.07 Å². The molecular weight excluding hydrogens is 241 g/mol. The zero-order valence-electron chi connectivity index (χ0n) is 9.28. The summed E-state index contributed by atoms with van der Waals surface area (Å²) < 4.78 is 15.1. The number of nitrogens with zero attached hydrogens (tertiary/aromatic N) is 4. The van der Waals surface area contributed by atoms with Crippen LogP contribution in [0.4, 0.5) is 15.8 Å². The van der Waals surface area contributed by atoms with E-state index >= 15 is 0 Å². The Morgan fingerprint density at radius 1 is 1.50 bits per heavy atom. The molecule has 8 heteroatoms. The monoisotopic (exact) mass is 251 g/mol. The first kappa shape index (κ1) is 12.0. The van der Waals surface area contributed by atoms with Crippen molar-refractivity contribution in [1.82, 2.24) is 15.0 Å². The largest absolute Gasteiger partial charge is 0.381 e. The van der Waals surface area contributed by atoms with Gasteiger partial charge in [-0.25, -0.2) is 4.39 Å². The Morgan fingerprint density at radius 2 is 2.33 bits per heavy atom. The summed E-state index contributed by atoms with van der Waals surface area (Å²) in [6.07, 6.45) is 3.24. The van der Waals surface area contributed by atoms with Crippen molar-refractivity contribution in [3.63, 3.8) is 0 Å². The summed E-state index contributed by atoms with van der Waals surface area (Å²) in [6, 6.07) is 3.48. The maximum atomic E-state index is 13.5. The van der Waals surface area contributed by atoms with Gasteiger partial charge in [-0.1, -0.05) is 5.21 Å². The summed E-state index contributed by atoms with van der Waals surface area (Å²) in [7, 11) is 0. The van der Waals surface area contributed by atoms with E-state index in [0.29, 0.717) is 13.1 Å². The van der Waals surface area contributed by atoms with Crippen LogP contribution in [0, 0.1) is 15.9 Å². The van der Waals surface area contributed by atoms with E-state index in [2.05, 4.69) is 15.6 Å². The molecule has 1 aromatic heterocycles. The third kappa shape index (κ3) is 2.78. The van der Waals surface area contributed by atoms with Crippen LogP contribution < -0.4 is 5.32 Å². The fraction of sp³-hybridized carbons (Fsp3) is 0.200. The number of hydrogen-bond acceptors (Lipinski definition) is 5. The Hall–Kier alpha value is -2.51. The van der Waals surface area contributed by atoms with Crippen LogP contribution >= 0.6 is 0 Å². The third-order valence-corrected chi connectivity index (χ3v) is 2.29. The molecule has 94 valence electrons. The molecule has 1 N–H and O–H groups in total. The number of halogens is 1. The van der Waals surface area contributed by atoms with Crippen molar-refractivity contribution in [3.05, 3.63) is 46.5 Å². The molecule has 0 amide bonds. The van der Waals surface area contributed by atoms with Gasteiger partial charge in [0.2, 0.25) is 0 Å². The fourth-order valence-electron chi connectivity index (χ4n) is 1.42. The molecule has 0 saturated carbocycles. The number of nitrogens with one attached hydrogen (secondary N) is 1. The predicted molar refractivity (Wildman–Crippen MR) is 61.6 cm³/mol. The first-order valence-electron chi connectivity index (χ1n) is 5.19. The summed E-state index contributed by atoms with van der Waals surface area (Å²) in [5.74, 6) is -0.650. The first-order valence-corrected chi connectivity index (χ1v) is 5.19. The Morgan fingerprint density at radius 3 is 2.94 bits per heavy atom. The number of nitro groups is 1. The van der Waals surface area contributed by atoms with Crippen LogP contribution in [0.2, 0.25) is 0 Å². The Bertz CT molecular complexity index is 543. The van der Waals surface area contributed by atoms with Gasteiger partial charge in [0.15, 0.2) is 5.82 Å². The summed E-state index contributed by atoms with van der Waals surface area (Å²) >= 11 is 0. The van der Waals surface area contributed by atoms with Crippen LogP contribution in [0.25, 0.3) is 0 Å². The van der Waals surface area contributed by atoms with Gasteiger partial charge in [0.05, 0.1) is 29.4 Å². The number of benzene rings is 1. The van der Waals surface area contributed by atoms with Crippen molar-refractivity contribution in [2.24, 2.45) is 0 Å². The lowest BCUT2D eigenvalue weighted by Crippen LogP contribution is -2.12. The minimum atomic E-state index is -0.650. The van der Waals surface area contributed by atoms with Gasteiger partial charge in [0.1, 0.15) is 0 Å². The summed E-state index contributed by atoms with van der Waals surface area (Å²) in [5, 5.41) is 20.6. The lowest BCUT2D eigenvalue weighted by Gasteiger charge is -2.06. The van der Waals surface area contributed by atoms with E-state index in [1.807, 2.05) is 0 Å². The molecule has 0 atom stereocenters. The van der Waals surface area contributed by atoms with Crippen LogP contribution in [-0.2, 0) is 6.54 Å². The summed E-state index contributed by atoms with van der Waals surface area (Å²) in [4.78, 5) is 9.80. The minimum Gasteiger partial charge on any atom is -0.381 e. The van der Waals surface area contributed by atoms with Gasteiger partial charge in [-0.05, 0) is 6.07 Å². The molecule has 0 aliphatic heterocycles. The smallest absolute Gasteiger partial charge is 0.272 e. The third-order valence-electron chi connectivity index (χ3n) is 2.29. The molecule has 0 spiro atoms. The molecule has 0 fully saturated rings. The van der Waals surface area contributed by atoms with E-state index in [1.54, 1.807) is 17.1 Å². The second-order valence-electron chi connectivity index (χ2n) is 3.51. The van der Waals surface area contributed by atoms with Crippen LogP contribution in [0.1, 0.15) is 0 Å². The summed E-state index contributed by atoms with van der Waals surface area (Å²) in [5.41, 5.74) is -0.0463. The molecule has 7 nitrogen and oxygen atoms in total. The van der Waals surface area contributed by atoms with E-state index < -0.39 is 10.7 Å². The first-order chi connectivity index (χ1) is 8.66. The van der Waals surface area contributed by atoms with Crippen LogP contribution in [0.5, 0.6) is 0 Å². The highest BCUT2D eigenvalue weighted by atomic mass is 19.1. The number of hydrogen-bond donors (Lipinski definition) is 1. The van der Waals surface area contributed by atoms with E-state index in [-0.39, 0.29) is 11.4 Å². The van der Waals surface area contributed by atoms with E-state index in [4.69, 9.17) is 0 Å². The number of rotatable bonds is 5. The molecule has 18 heavy (non-hydrogen) atoms. The highest BCUT2D eigenvalue weighted by Crippen LogP contribution is 2.20. The molecule has 0 saturated heterocycles. The maximum Gasteiger partial charge on any atom is 0.272 e. The Labute approximate surface area is 101 Å². The molecule has 0 unspecified atom stereocenters. The standard InChI is InChI=1S/C10H10FN5O2/c11-9-7-8(16(17)18)1-2-10(9)12-3-5-15-6-4-13-14-15/h1-2,4,6-7,12H,3,5H2. The number of anilines is 1. The average molecular weight is 251 g/mol. The quantitative estimate of drug-likeness (QED) is 0.641. The number of non-ortho nitro benzene ring substituents is 1. The van der Waals surface area contributed by atoms with Gasteiger partial charge in [-0.2, -0.15) is 0 Å². The van der Waals surface area contributed by atoms with Crippen molar-refractivity contribution >= 4 is 11.4 Å². The van der Waals surface area contributed by atoms with Gasteiger partial charge in [0, 0.05) is 18.8 Å². The zero-order valence-corrected chi connectivity index (χ0v) is 9.28. The lowest BCUT2D eigenvalue weighted by atomic mass is 10.2. The molecule has 0 bridgehead atoms. The van der Waals surface area contributed by atoms with E-state index in [1.165, 1.54) is 12.1 Å². The van der Waals surface area contributed by atoms with E-state index in [9.17, 15) is 14.5 Å². The SMILES string of the molecule is O=[N+]([O-])c1ccc(NCCn2ccnn2)c(F)c1. The maximum absolute atomic E-state index is 13.5. The minimum absolute atomic E-state index is 0.223. The van der Waals surface area contributed by atoms with Gasteiger partial charge >= 0.3 is 0 Å². The molecule has 1 aromatic carbocycles. The average Bonchev–Trinajstić information content (AvgIpc) is 2.84. The summed E-state index contributed by atoms with van der Waals surface area (Å²) in [6.45, 7) is 0.967. The van der Waals surface area contributed by atoms with Crippen molar-refractivity contribution in [2.75, 3.05) is 11.9 Å². The van der Waals surface area contributed by atoms with Gasteiger partial charge < -0.3 is 5.32 Å². The highest BCUT2D eigenvalue weighted by molar-refractivity contribution is 5.49. The molecule has 0 radical (unpaired) electrons. The van der Waals surface area contributed by atoms with Gasteiger partial charge in [-0.15, -0.1) is 5.10 Å². The number of nitro benzene ring substituents is 1. The predicted octanol–water partition coefficient (Wildman–Crippen LogP) is 1.44. The normalized spacial score (nSPS) is 10.3. The molecule has 0 aliphatic rings. The van der Waals surface area contributed by atoms with Crippen LogP contribution in [-0.4, -0.2) is 26.5 Å². The Kier molecular flexibility index (Phi) is 3.46. The van der Waals surface area contributed by atoms with Crippen LogP contribution in [0.15, 0.2) is 30.6 Å². The zero-order chi connectivity index (χ0) is 13.0. The molecule has 2 aromatic rings. The highest BCUT2D eigenvalue weighted by Gasteiger charge is 2.10. The lowest BCUT2D eigenvalue weighted by molar-refractivity contribution is -0.385. The van der Waals surface area contributed by atoms with Gasteiger partial charge in [-0.3, -0.25) is 14.8 Å². The van der Waals surface area contributed by atoms with Crippen molar-refractivity contribution in [1.29, 1.82) is 0 Å². The molecule has 1 heterocycles. The molecule has 2 rings (SSSR count). The van der Waals surface area contributed by atoms with Gasteiger partial charge in [0.25, 0.3) is 5.69 Å². The van der Waals surface area contributed by atoms with Crippen molar-refractivity contribution in [2.45, 2.75) is 6.54 Å². The van der Waals surface area contributed by atoms with Crippen molar-refractivity contribution < 1.29 is 9.31 Å². The van der Waals surface area contributed by atoms with Crippen LogP contribution in [0.3, 0.4) is 0 Å². The topological polar surface area (TPSA) is 85.9 Å². The van der Waals surface area contributed by atoms with Crippen molar-refractivity contribution in [3.8, 4) is 0 Å². The molecule has 0 aliphatic carbocycles. The number of aromatic nitrogens is 3. The Balaban J connectivity index is 1.95.